The Morgan fingerprint density at radius 1 is 1.08 bits per heavy atom. The van der Waals surface area contributed by atoms with E-state index < -0.39 is 35.6 Å². The number of halogens is 1. The summed E-state index contributed by atoms with van der Waals surface area (Å²) in [6.07, 6.45) is -0.731. The van der Waals surface area contributed by atoms with E-state index in [1.165, 1.54) is 4.90 Å². The van der Waals surface area contributed by atoms with Gasteiger partial charge in [-0.15, -0.1) is 0 Å². The molecule has 0 spiro atoms. The minimum Gasteiger partial charge on any atom is -0.444 e. The lowest BCUT2D eigenvalue weighted by molar-refractivity contribution is -0.140. The summed E-state index contributed by atoms with van der Waals surface area (Å²) in [6.45, 7) is 12.9. The molecule has 0 fully saturated rings. The van der Waals surface area contributed by atoms with Crippen LogP contribution in [-0.4, -0.2) is 46.7 Å². The summed E-state index contributed by atoms with van der Waals surface area (Å²) in [6, 6.07) is 9.13. The molecule has 0 radical (unpaired) electrons. The number of thiol groups is 1. The van der Waals surface area contributed by atoms with Crippen LogP contribution in [-0.2, 0) is 14.3 Å². The number of carbonyl (C=O) groups excluding carboxylic acids is 3. The topological polar surface area (TPSA) is 87.7 Å². The van der Waals surface area contributed by atoms with Crippen molar-refractivity contribution in [1.29, 1.82) is 0 Å². The highest BCUT2D eigenvalue weighted by Gasteiger charge is 2.35. The zero-order valence-electron chi connectivity index (χ0n) is 21.9. The first-order valence-corrected chi connectivity index (χ1v) is 12.8. The van der Waals surface area contributed by atoms with Crippen molar-refractivity contribution in [3.8, 4) is 0 Å². The third kappa shape index (κ3) is 7.90. The molecule has 7 nitrogen and oxygen atoms in total. The van der Waals surface area contributed by atoms with Crippen LogP contribution < -0.4 is 10.6 Å². The fraction of sp³-hybridized carbons (Fsp3) is 0.444. The number of likely N-dealkylation sites (N-methyl/N-ethyl adjacent to an activating group) is 1. The van der Waals surface area contributed by atoms with Gasteiger partial charge in [0.1, 0.15) is 17.7 Å². The van der Waals surface area contributed by atoms with E-state index in [0.29, 0.717) is 16.3 Å². The van der Waals surface area contributed by atoms with Crippen LogP contribution in [0.15, 0.2) is 36.4 Å². The third-order valence-electron chi connectivity index (χ3n) is 5.39. The molecule has 0 aromatic heterocycles. The van der Waals surface area contributed by atoms with Crippen molar-refractivity contribution in [3.05, 3.63) is 63.7 Å². The Labute approximate surface area is 224 Å². The number of aryl methyl sites for hydroxylation is 3. The van der Waals surface area contributed by atoms with Gasteiger partial charge in [-0.1, -0.05) is 53.1 Å². The molecule has 2 aromatic rings. The van der Waals surface area contributed by atoms with Crippen molar-refractivity contribution in [2.45, 2.75) is 66.2 Å². The molecule has 0 aliphatic carbocycles. The maximum absolute atomic E-state index is 13.8. The molecule has 2 unspecified atom stereocenters. The molecule has 2 N–H and O–H groups in total. The molecule has 9 heteroatoms. The first-order valence-electron chi connectivity index (χ1n) is 11.8. The average molecular weight is 534 g/mol. The Hall–Kier alpha value is -2.71. The number of amides is 3. The summed E-state index contributed by atoms with van der Waals surface area (Å²) >= 11 is 10.7. The van der Waals surface area contributed by atoms with Crippen molar-refractivity contribution < 1.29 is 19.1 Å². The molecular formula is C27H36ClN3O4S. The molecule has 3 amide bonds. The van der Waals surface area contributed by atoms with Gasteiger partial charge in [0.15, 0.2) is 0 Å². The number of hydrogen-bond donors (Lipinski definition) is 3. The van der Waals surface area contributed by atoms with Gasteiger partial charge in [-0.25, -0.2) is 4.79 Å². The molecule has 0 saturated heterocycles. The number of para-hydroxylation sites is 1. The van der Waals surface area contributed by atoms with Crippen molar-refractivity contribution in [2.75, 3.05) is 17.6 Å². The number of rotatable bonds is 8. The average Bonchev–Trinajstić information content (AvgIpc) is 2.75. The van der Waals surface area contributed by atoms with Gasteiger partial charge in [-0.3, -0.25) is 9.59 Å². The summed E-state index contributed by atoms with van der Waals surface area (Å²) < 4.78 is 5.31. The first kappa shape index (κ1) is 29.5. The van der Waals surface area contributed by atoms with Crippen LogP contribution in [0.5, 0.6) is 0 Å². The summed E-state index contributed by atoms with van der Waals surface area (Å²) in [5, 5.41) is 5.91. The smallest absolute Gasteiger partial charge is 0.408 e. The predicted molar refractivity (Wildman–Crippen MR) is 148 cm³/mol. The predicted octanol–water partition coefficient (Wildman–Crippen LogP) is 5.62. The third-order valence-corrected chi connectivity index (χ3v) is 6.07. The fourth-order valence-corrected chi connectivity index (χ4v) is 4.44. The van der Waals surface area contributed by atoms with Gasteiger partial charge in [-0.2, -0.15) is 12.6 Å². The van der Waals surface area contributed by atoms with Gasteiger partial charge in [0.05, 0.1) is 10.7 Å². The van der Waals surface area contributed by atoms with Crippen molar-refractivity contribution in [1.82, 2.24) is 10.2 Å². The van der Waals surface area contributed by atoms with E-state index in [-0.39, 0.29) is 12.3 Å². The molecule has 2 rings (SSSR count). The van der Waals surface area contributed by atoms with Crippen LogP contribution in [0.1, 0.15) is 56.0 Å². The molecule has 36 heavy (non-hydrogen) atoms. The quantitative estimate of drug-likeness (QED) is 0.384. The highest BCUT2D eigenvalue weighted by atomic mass is 35.5. The Morgan fingerprint density at radius 3 is 2.19 bits per heavy atom. The van der Waals surface area contributed by atoms with Crippen molar-refractivity contribution in [2.24, 2.45) is 0 Å². The molecule has 196 valence electrons. The Bertz CT molecular complexity index is 1080. The molecule has 0 bridgehead atoms. The second kappa shape index (κ2) is 12.5. The van der Waals surface area contributed by atoms with E-state index >= 15 is 0 Å². The van der Waals surface area contributed by atoms with Crippen LogP contribution in [0, 0.1) is 20.8 Å². The SMILES string of the molecule is CCN(C(=O)C(CS)NC(=O)OC(C)(C)C)C(C(=O)Nc1c(C)cccc1Cl)c1cc(C)cc(C)c1. The lowest BCUT2D eigenvalue weighted by atomic mass is 9.98. The number of alkyl carbamates (subject to hydrolysis) is 1. The zero-order chi connectivity index (χ0) is 27.2. The van der Waals surface area contributed by atoms with E-state index in [0.717, 1.165) is 16.7 Å². The Balaban J connectivity index is 2.49. The summed E-state index contributed by atoms with van der Waals surface area (Å²) in [5.41, 5.74) is 3.12. The molecule has 0 saturated carbocycles. The van der Waals surface area contributed by atoms with Gasteiger partial charge in [0, 0.05) is 12.3 Å². The number of nitrogens with zero attached hydrogens (tertiary/aromatic N) is 1. The molecule has 0 heterocycles. The monoisotopic (exact) mass is 533 g/mol. The molecular weight excluding hydrogens is 498 g/mol. The lowest BCUT2D eigenvalue weighted by Crippen LogP contribution is -2.53. The summed E-state index contributed by atoms with van der Waals surface area (Å²) in [7, 11) is 0. The van der Waals surface area contributed by atoms with E-state index in [9.17, 15) is 14.4 Å². The maximum Gasteiger partial charge on any atom is 0.408 e. The van der Waals surface area contributed by atoms with Gasteiger partial charge in [0.2, 0.25) is 5.91 Å². The van der Waals surface area contributed by atoms with Crippen molar-refractivity contribution >= 4 is 47.8 Å². The van der Waals surface area contributed by atoms with Crippen LogP contribution >= 0.6 is 24.2 Å². The molecule has 2 atom stereocenters. The fourth-order valence-electron chi connectivity index (χ4n) is 3.92. The minimum absolute atomic E-state index is 0.0272. The zero-order valence-corrected chi connectivity index (χ0v) is 23.6. The normalized spacial score (nSPS) is 12.9. The van der Waals surface area contributed by atoms with Gasteiger partial charge >= 0.3 is 6.09 Å². The molecule has 0 aliphatic rings. The van der Waals surface area contributed by atoms with Crippen LogP contribution in [0.25, 0.3) is 0 Å². The second-order valence-electron chi connectivity index (χ2n) is 9.75. The van der Waals surface area contributed by atoms with Gasteiger partial charge < -0.3 is 20.3 Å². The molecule has 2 aromatic carbocycles. The molecule has 0 aliphatic heterocycles. The Kier molecular flexibility index (Phi) is 10.3. The number of anilines is 1. The first-order chi connectivity index (χ1) is 16.8. The van der Waals surface area contributed by atoms with E-state index in [2.05, 4.69) is 23.3 Å². The minimum atomic E-state index is -0.994. The second-order valence-corrected chi connectivity index (χ2v) is 10.5. The highest BCUT2D eigenvalue weighted by molar-refractivity contribution is 7.80. The standard InChI is InChI=1S/C27H36ClN3O4S/c1-8-31(25(33)21(15-36)29-26(34)35-27(5,6)7)23(19-13-16(2)12-17(3)14-19)24(32)30-22-18(4)10-9-11-20(22)28/h9-14,21,23,36H,8,15H2,1-7H3,(H,29,34)(H,30,32). The largest absolute Gasteiger partial charge is 0.444 e. The van der Waals surface area contributed by atoms with Gasteiger partial charge in [0.25, 0.3) is 5.91 Å². The Morgan fingerprint density at radius 2 is 1.69 bits per heavy atom. The maximum atomic E-state index is 13.8. The number of benzene rings is 2. The van der Waals surface area contributed by atoms with Crippen LogP contribution in [0.3, 0.4) is 0 Å². The van der Waals surface area contributed by atoms with Gasteiger partial charge in [-0.05, 0) is 65.7 Å². The number of hydrogen-bond acceptors (Lipinski definition) is 5. The summed E-state index contributed by atoms with van der Waals surface area (Å²) in [5.74, 6) is -0.838. The van der Waals surface area contributed by atoms with E-state index in [1.807, 2.05) is 45.0 Å². The van der Waals surface area contributed by atoms with Crippen LogP contribution in [0.2, 0.25) is 5.02 Å². The van der Waals surface area contributed by atoms with E-state index in [4.69, 9.17) is 16.3 Å². The number of nitrogens with one attached hydrogen (secondary N) is 2. The lowest BCUT2D eigenvalue weighted by Gasteiger charge is -2.33. The van der Waals surface area contributed by atoms with Crippen LogP contribution in [0.4, 0.5) is 10.5 Å². The van der Waals surface area contributed by atoms with Crippen molar-refractivity contribution in [3.63, 3.8) is 0 Å². The number of ether oxygens (including phenoxy) is 1. The highest BCUT2D eigenvalue weighted by Crippen LogP contribution is 2.30. The van der Waals surface area contributed by atoms with E-state index in [1.54, 1.807) is 39.8 Å². The summed E-state index contributed by atoms with van der Waals surface area (Å²) in [4.78, 5) is 41.3. The number of carbonyl (C=O) groups is 3.